The van der Waals surface area contributed by atoms with Crippen molar-refractivity contribution in [2.45, 2.75) is 19.0 Å². The molecule has 76 valence electrons. The van der Waals surface area contributed by atoms with Crippen LogP contribution in [0.4, 0.5) is 0 Å². The first kappa shape index (κ1) is 10.4. The Morgan fingerprint density at radius 1 is 1.85 bits per heavy atom. The van der Waals surface area contributed by atoms with E-state index < -0.39 is 0 Å². The van der Waals surface area contributed by atoms with E-state index in [-0.39, 0.29) is 18.0 Å². The predicted molar refractivity (Wildman–Crippen MR) is 49.3 cm³/mol. The molecule has 5 heteroatoms. The molecule has 0 aromatic rings. The van der Waals surface area contributed by atoms with E-state index in [1.807, 2.05) is 6.92 Å². The monoisotopic (exact) mass is 187 g/mol. The van der Waals surface area contributed by atoms with Crippen molar-refractivity contribution in [2.75, 3.05) is 26.3 Å². The summed E-state index contributed by atoms with van der Waals surface area (Å²) in [6.07, 6.45) is 0. The topological polar surface area (TPSA) is 76.4 Å². The van der Waals surface area contributed by atoms with Gasteiger partial charge >= 0.3 is 0 Å². The van der Waals surface area contributed by atoms with E-state index in [0.717, 1.165) is 6.54 Å². The normalized spacial score (nSPS) is 25.2. The Hall–Kier alpha value is -0.650. The average Bonchev–Trinajstić information content (AvgIpc) is 2.19. The number of hydrogen-bond donors (Lipinski definition) is 3. The number of morpholine rings is 1. The molecule has 0 aliphatic carbocycles. The summed E-state index contributed by atoms with van der Waals surface area (Å²) in [6.45, 7) is 4.19. The molecular formula is C8H17N3O2. The fourth-order valence-electron chi connectivity index (χ4n) is 1.14. The quantitative estimate of drug-likeness (QED) is 0.499. The van der Waals surface area contributed by atoms with Crippen LogP contribution < -0.4 is 16.4 Å². The molecule has 13 heavy (non-hydrogen) atoms. The van der Waals surface area contributed by atoms with Crippen molar-refractivity contribution in [2.24, 2.45) is 5.73 Å². The van der Waals surface area contributed by atoms with Crippen LogP contribution in [0, 0.1) is 0 Å². The first-order valence-electron chi connectivity index (χ1n) is 4.55. The lowest BCUT2D eigenvalue weighted by molar-refractivity contribution is -0.126. The summed E-state index contributed by atoms with van der Waals surface area (Å²) < 4.78 is 5.16. The van der Waals surface area contributed by atoms with Gasteiger partial charge in [0, 0.05) is 19.1 Å². The Kier molecular flexibility index (Phi) is 4.14. The maximum Gasteiger partial charge on any atom is 0.239 e. The maximum absolute atomic E-state index is 11.5. The summed E-state index contributed by atoms with van der Waals surface area (Å²) in [7, 11) is 0. The molecule has 2 atom stereocenters. The lowest BCUT2D eigenvalue weighted by atomic mass is 10.2. The van der Waals surface area contributed by atoms with Crippen LogP contribution in [0.15, 0.2) is 0 Å². The Labute approximate surface area is 78.0 Å². The molecule has 1 aliphatic rings. The van der Waals surface area contributed by atoms with Gasteiger partial charge in [-0.15, -0.1) is 0 Å². The van der Waals surface area contributed by atoms with Crippen molar-refractivity contribution in [1.29, 1.82) is 0 Å². The zero-order chi connectivity index (χ0) is 9.68. The largest absolute Gasteiger partial charge is 0.378 e. The fourth-order valence-corrected chi connectivity index (χ4v) is 1.14. The summed E-state index contributed by atoms with van der Waals surface area (Å²) in [6, 6.07) is -0.195. The zero-order valence-corrected chi connectivity index (χ0v) is 7.88. The molecule has 5 nitrogen and oxygen atoms in total. The van der Waals surface area contributed by atoms with Crippen LogP contribution in [0.3, 0.4) is 0 Å². The van der Waals surface area contributed by atoms with E-state index >= 15 is 0 Å². The molecule has 4 N–H and O–H groups in total. The SMILES string of the molecule is C[C@@H](CN)NC(=O)[C@H]1COCCN1. The molecule has 1 heterocycles. The van der Waals surface area contributed by atoms with Crippen LogP contribution in [0.1, 0.15) is 6.92 Å². The van der Waals surface area contributed by atoms with Gasteiger partial charge in [-0.2, -0.15) is 0 Å². The second kappa shape index (κ2) is 5.16. The van der Waals surface area contributed by atoms with Crippen molar-refractivity contribution < 1.29 is 9.53 Å². The smallest absolute Gasteiger partial charge is 0.239 e. The second-order valence-electron chi connectivity index (χ2n) is 3.23. The van der Waals surface area contributed by atoms with Crippen molar-refractivity contribution >= 4 is 5.91 Å². The highest BCUT2D eigenvalue weighted by molar-refractivity contribution is 5.82. The summed E-state index contributed by atoms with van der Waals surface area (Å²) in [5.74, 6) is -0.0300. The lowest BCUT2D eigenvalue weighted by Gasteiger charge is -2.24. The Balaban J connectivity index is 2.29. The van der Waals surface area contributed by atoms with Gasteiger partial charge in [0.25, 0.3) is 0 Å². The van der Waals surface area contributed by atoms with E-state index in [4.69, 9.17) is 10.5 Å². The second-order valence-corrected chi connectivity index (χ2v) is 3.23. The third-order valence-electron chi connectivity index (χ3n) is 1.98. The maximum atomic E-state index is 11.5. The average molecular weight is 187 g/mol. The summed E-state index contributed by atoms with van der Waals surface area (Å²) in [5.41, 5.74) is 5.38. The van der Waals surface area contributed by atoms with E-state index in [1.165, 1.54) is 0 Å². The Bertz CT molecular complexity index is 169. The van der Waals surface area contributed by atoms with E-state index in [2.05, 4.69) is 10.6 Å². The van der Waals surface area contributed by atoms with E-state index in [9.17, 15) is 4.79 Å². The highest BCUT2D eigenvalue weighted by atomic mass is 16.5. The van der Waals surface area contributed by atoms with Crippen molar-refractivity contribution in [3.05, 3.63) is 0 Å². The minimum atomic E-state index is -0.220. The number of carbonyl (C=O) groups is 1. The minimum Gasteiger partial charge on any atom is -0.378 e. The standard InChI is InChI=1S/C8H17N3O2/c1-6(4-9)11-8(12)7-5-13-3-2-10-7/h6-7,10H,2-5,9H2,1H3,(H,11,12)/t6-,7+/m0/s1. The van der Waals surface area contributed by atoms with Crippen molar-refractivity contribution in [1.82, 2.24) is 10.6 Å². The van der Waals surface area contributed by atoms with Crippen LogP contribution in [-0.2, 0) is 9.53 Å². The summed E-state index contributed by atoms with van der Waals surface area (Å²) in [4.78, 5) is 11.5. The Morgan fingerprint density at radius 3 is 3.15 bits per heavy atom. The molecule has 0 spiro atoms. The van der Waals surface area contributed by atoms with Crippen LogP contribution >= 0.6 is 0 Å². The van der Waals surface area contributed by atoms with Gasteiger partial charge in [-0.05, 0) is 6.92 Å². The number of hydrogen-bond acceptors (Lipinski definition) is 4. The number of nitrogens with one attached hydrogen (secondary N) is 2. The summed E-state index contributed by atoms with van der Waals surface area (Å²) >= 11 is 0. The molecule has 0 saturated carbocycles. The van der Waals surface area contributed by atoms with Crippen LogP contribution in [0.5, 0.6) is 0 Å². The molecule has 1 rings (SSSR count). The van der Waals surface area contributed by atoms with Gasteiger partial charge in [0.15, 0.2) is 0 Å². The third kappa shape index (κ3) is 3.30. The third-order valence-corrected chi connectivity index (χ3v) is 1.98. The number of nitrogens with two attached hydrogens (primary N) is 1. The van der Waals surface area contributed by atoms with Gasteiger partial charge in [0.05, 0.1) is 13.2 Å². The number of amides is 1. The van der Waals surface area contributed by atoms with Gasteiger partial charge in [-0.25, -0.2) is 0 Å². The molecule has 0 bridgehead atoms. The van der Waals surface area contributed by atoms with E-state index in [1.54, 1.807) is 0 Å². The molecule has 0 aromatic carbocycles. The first-order valence-corrected chi connectivity index (χ1v) is 4.55. The first-order chi connectivity index (χ1) is 6.24. The zero-order valence-electron chi connectivity index (χ0n) is 7.88. The number of rotatable bonds is 3. The van der Waals surface area contributed by atoms with Gasteiger partial charge in [0.2, 0.25) is 5.91 Å². The van der Waals surface area contributed by atoms with Crippen LogP contribution in [0.25, 0.3) is 0 Å². The molecule has 0 aromatic heterocycles. The Morgan fingerprint density at radius 2 is 2.62 bits per heavy atom. The highest BCUT2D eigenvalue weighted by Gasteiger charge is 2.21. The number of ether oxygens (including phenoxy) is 1. The molecule has 0 unspecified atom stereocenters. The van der Waals surface area contributed by atoms with Crippen LogP contribution in [-0.4, -0.2) is 44.3 Å². The summed E-state index contributed by atoms with van der Waals surface area (Å²) in [5, 5.41) is 5.86. The fraction of sp³-hybridized carbons (Fsp3) is 0.875. The molecule has 1 amide bonds. The van der Waals surface area contributed by atoms with Gasteiger partial charge < -0.3 is 21.1 Å². The van der Waals surface area contributed by atoms with Gasteiger partial charge in [-0.3, -0.25) is 4.79 Å². The van der Waals surface area contributed by atoms with Crippen LogP contribution in [0.2, 0.25) is 0 Å². The molecule has 1 saturated heterocycles. The van der Waals surface area contributed by atoms with Crippen molar-refractivity contribution in [3.8, 4) is 0 Å². The van der Waals surface area contributed by atoms with E-state index in [0.29, 0.717) is 19.8 Å². The molecular weight excluding hydrogens is 170 g/mol. The number of carbonyl (C=O) groups excluding carboxylic acids is 1. The molecule has 1 aliphatic heterocycles. The predicted octanol–water partition coefficient (Wildman–Crippen LogP) is -1.56. The van der Waals surface area contributed by atoms with Gasteiger partial charge in [-0.1, -0.05) is 0 Å². The molecule has 0 radical (unpaired) electrons. The lowest BCUT2D eigenvalue weighted by Crippen LogP contribution is -2.53. The van der Waals surface area contributed by atoms with Crippen molar-refractivity contribution in [3.63, 3.8) is 0 Å². The minimum absolute atomic E-state index is 0.0243. The highest BCUT2D eigenvalue weighted by Crippen LogP contribution is 1.93. The molecule has 1 fully saturated rings. The van der Waals surface area contributed by atoms with Gasteiger partial charge in [0.1, 0.15) is 6.04 Å².